The number of hydrogen-bond acceptors (Lipinski definition) is 9. The van der Waals surface area contributed by atoms with Crippen LogP contribution in [0.15, 0.2) is 41.3 Å². The van der Waals surface area contributed by atoms with E-state index in [0.717, 1.165) is 14.9 Å². The number of ether oxygens (including phenoxy) is 2. The zero-order valence-electron chi connectivity index (χ0n) is 17.9. The van der Waals surface area contributed by atoms with E-state index in [1.54, 1.807) is 22.7 Å². The maximum absolute atomic E-state index is 13.0. The van der Waals surface area contributed by atoms with Gasteiger partial charge in [-0.25, -0.2) is 12.7 Å². The lowest BCUT2D eigenvalue weighted by Gasteiger charge is -2.17. The average molecular weight is 475 g/mol. The van der Waals surface area contributed by atoms with Crippen LogP contribution in [0.1, 0.15) is 11.4 Å². The van der Waals surface area contributed by atoms with E-state index in [-0.39, 0.29) is 11.3 Å². The van der Waals surface area contributed by atoms with Gasteiger partial charge in [-0.3, -0.25) is 0 Å². The van der Waals surface area contributed by atoms with Crippen molar-refractivity contribution in [1.82, 2.24) is 24.1 Å². The molecular formula is C20H22N6O4S2. The molecule has 0 amide bonds. The van der Waals surface area contributed by atoms with Crippen LogP contribution in [0.4, 0.5) is 5.69 Å². The Bertz CT molecular complexity index is 1380. The third-order valence-corrected chi connectivity index (χ3v) is 7.73. The number of nitrogen functional groups attached to an aromatic ring is 1. The van der Waals surface area contributed by atoms with Gasteiger partial charge in [-0.05, 0) is 35.9 Å². The topological polar surface area (TPSA) is 125 Å². The van der Waals surface area contributed by atoms with Crippen LogP contribution < -0.4 is 15.2 Å². The van der Waals surface area contributed by atoms with Gasteiger partial charge in [-0.2, -0.15) is 9.61 Å². The normalized spacial score (nSPS) is 11.9. The number of nitrogens with zero attached hydrogens (tertiary/aromatic N) is 5. The van der Waals surface area contributed by atoms with Crippen LogP contribution in [-0.4, -0.2) is 60.8 Å². The Hall–Kier alpha value is -3.22. The Morgan fingerprint density at radius 3 is 2.34 bits per heavy atom. The van der Waals surface area contributed by atoms with Crippen molar-refractivity contribution in [2.75, 3.05) is 34.0 Å². The molecule has 10 nitrogen and oxygen atoms in total. The van der Waals surface area contributed by atoms with E-state index in [4.69, 9.17) is 15.2 Å². The van der Waals surface area contributed by atoms with E-state index < -0.39 is 10.0 Å². The average Bonchev–Trinajstić information content (AvgIpc) is 3.35. The summed E-state index contributed by atoms with van der Waals surface area (Å²) in [7, 11) is 2.15. The molecule has 0 radical (unpaired) electrons. The highest BCUT2D eigenvalue weighted by Crippen LogP contribution is 2.35. The molecule has 0 aliphatic rings. The van der Waals surface area contributed by atoms with Gasteiger partial charge >= 0.3 is 0 Å². The van der Waals surface area contributed by atoms with Gasteiger partial charge in [-0.1, -0.05) is 11.3 Å². The lowest BCUT2D eigenvalue weighted by atomic mass is 10.1. The second-order valence-corrected chi connectivity index (χ2v) is 10.2. The van der Waals surface area contributed by atoms with Gasteiger partial charge in [0.1, 0.15) is 5.01 Å². The third kappa shape index (κ3) is 3.87. The summed E-state index contributed by atoms with van der Waals surface area (Å²) in [5.74, 6) is 1.24. The van der Waals surface area contributed by atoms with Crippen molar-refractivity contribution < 1.29 is 17.9 Å². The van der Waals surface area contributed by atoms with Crippen molar-refractivity contribution in [2.24, 2.45) is 0 Å². The molecule has 2 heterocycles. The highest BCUT2D eigenvalue weighted by Gasteiger charge is 2.26. The van der Waals surface area contributed by atoms with Crippen LogP contribution in [0.2, 0.25) is 0 Å². The molecule has 12 heteroatoms. The van der Waals surface area contributed by atoms with Crippen LogP contribution in [0.5, 0.6) is 11.5 Å². The zero-order valence-corrected chi connectivity index (χ0v) is 19.6. The summed E-state index contributed by atoms with van der Waals surface area (Å²) in [6.45, 7) is 0. The molecule has 0 saturated heterocycles. The minimum Gasteiger partial charge on any atom is -0.493 e. The first kappa shape index (κ1) is 22.0. The van der Waals surface area contributed by atoms with Gasteiger partial charge in [-0.15, -0.1) is 10.2 Å². The number of methoxy groups -OCH3 is 2. The molecule has 0 aliphatic heterocycles. The summed E-state index contributed by atoms with van der Waals surface area (Å²) in [5.41, 5.74) is 7.83. The van der Waals surface area contributed by atoms with Crippen molar-refractivity contribution in [1.29, 1.82) is 0 Å². The van der Waals surface area contributed by atoms with Crippen LogP contribution in [0.25, 0.3) is 15.5 Å². The summed E-state index contributed by atoms with van der Waals surface area (Å²) < 4.78 is 39.5. The van der Waals surface area contributed by atoms with Crippen LogP contribution in [0, 0.1) is 0 Å². The Morgan fingerprint density at radius 1 is 1.06 bits per heavy atom. The van der Waals surface area contributed by atoms with Gasteiger partial charge in [0.15, 0.2) is 17.3 Å². The van der Waals surface area contributed by atoms with E-state index in [2.05, 4.69) is 15.3 Å². The Balaban J connectivity index is 1.80. The first-order valence-electron chi connectivity index (χ1n) is 9.49. The summed E-state index contributed by atoms with van der Waals surface area (Å²) in [6.07, 6.45) is 0.175. The summed E-state index contributed by atoms with van der Waals surface area (Å²) in [4.78, 5) is 0.704. The molecule has 0 spiro atoms. The highest BCUT2D eigenvalue weighted by molar-refractivity contribution is 7.89. The SMILES string of the molecule is COc1cc(Cc2nnc3sc(-c4ccc(N)cc4)nn23)c(S(=O)(=O)N(C)C)cc1OC. The van der Waals surface area contributed by atoms with Crippen LogP contribution in [0.3, 0.4) is 0 Å². The molecule has 0 bridgehead atoms. The lowest BCUT2D eigenvalue weighted by molar-refractivity contribution is 0.353. The van der Waals surface area contributed by atoms with Gasteiger partial charge < -0.3 is 15.2 Å². The second kappa shape index (κ2) is 8.37. The smallest absolute Gasteiger partial charge is 0.242 e. The third-order valence-electron chi connectivity index (χ3n) is 4.89. The maximum atomic E-state index is 13.0. The minimum absolute atomic E-state index is 0.103. The molecule has 4 aromatic rings. The van der Waals surface area contributed by atoms with E-state index in [1.807, 2.05) is 12.1 Å². The molecule has 168 valence electrons. The quantitative estimate of drug-likeness (QED) is 0.405. The Labute approximate surface area is 189 Å². The largest absolute Gasteiger partial charge is 0.493 e. The fourth-order valence-electron chi connectivity index (χ4n) is 3.16. The number of nitrogens with two attached hydrogens (primary N) is 1. The number of anilines is 1. The molecule has 32 heavy (non-hydrogen) atoms. The van der Waals surface area contributed by atoms with E-state index in [1.165, 1.54) is 45.7 Å². The molecule has 0 fully saturated rings. The summed E-state index contributed by atoms with van der Waals surface area (Å²) in [5, 5.41) is 13.8. The van der Waals surface area contributed by atoms with Crippen LogP contribution in [-0.2, 0) is 16.4 Å². The molecule has 0 atom stereocenters. The molecule has 2 aromatic carbocycles. The van der Waals surface area contributed by atoms with E-state index >= 15 is 0 Å². The maximum Gasteiger partial charge on any atom is 0.242 e. The number of benzene rings is 2. The van der Waals surface area contributed by atoms with Crippen molar-refractivity contribution in [3.05, 3.63) is 47.8 Å². The first-order valence-corrected chi connectivity index (χ1v) is 11.7. The monoisotopic (exact) mass is 474 g/mol. The van der Waals surface area contributed by atoms with Gasteiger partial charge in [0.25, 0.3) is 0 Å². The molecule has 2 aromatic heterocycles. The van der Waals surface area contributed by atoms with Gasteiger partial charge in [0, 0.05) is 37.8 Å². The van der Waals surface area contributed by atoms with E-state index in [0.29, 0.717) is 33.5 Å². The standard InChI is InChI=1S/C20H22N6O4S2/c1-25(2)32(27,28)17-11-16(30-4)15(29-3)9-13(17)10-18-22-23-20-26(18)24-19(31-20)12-5-7-14(21)8-6-12/h5-9,11H,10,21H2,1-4H3. The van der Waals surface area contributed by atoms with E-state index in [9.17, 15) is 8.42 Å². The first-order chi connectivity index (χ1) is 15.2. The fraction of sp³-hybridized carbons (Fsp3) is 0.250. The predicted octanol–water partition coefficient (Wildman–Crippen LogP) is 2.29. The summed E-state index contributed by atoms with van der Waals surface area (Å²) in [6, 6.07) is 10.5. The molecule has 4 rings (SSSR count). The number of aromatic nitrogens is 4. The second-order valence-electron chi connectivity index (χ2n) is 7.12. The Kier molecular flexibility index (Phi) is 5.75. The van der Waals surface area contributed by atoms with Gasteiger partial charge in [0.2, 0.25) is 15.0 Å². The van der Waals surface area contributed by atoms with Crippen molar-refractivity contribution in [3.8, 4) is 22.1 Å². The number of sulfonamides is 1. The van der Waals surface area contributed by atoms with Crippen molar-refractivity contribution in [3.63, 3.8) is 0 Å². The Morgan fingerprint density at radius 2 is 1.72 bits per heavy atom. The molecule has 0 aliphatic carbocycles. The van der Waals surface area contributed by atoms with Gasteiger partial charge in [0.05, 0.1) is 19.1 Å². The summed E-state index contributed by atoms with van der Waals surface area (Å²) >= 11 is 1.38. The molecular weight excluding hydrogens is 452 g/mol. The minimum atomic E-state index is -3.75. The molecule has 0 saturated carbocycles. The lowest BCUT2D eigenvalue weighted by Crippen LogP contribution is -2.23. The van der Waals surface area contributed by atoms with Crippen LogP contribution >= 0.6 is 11.3 Å². The van der Waals surface area contributed by atoms with Crippen molar-refractivity contribution >= 4 is 32.0 Å². The zero-order chi connectivity index (χ0) is 23.0. The van der Waals surface area contributed by atoms with Crippen molar-refractivity contribution in [2.45, 2.75) is 11.3 Å². The molecule has 0 unspecified atom stereocenters. The fourth-order valence-corrected chi connectivity index (χ4v) is 5.13. The highest BCUT2D eigenvalue weighted by atomic mass is 32.2. The number of rotatable bonds is 7. The molecule has 2 N–H and O–H groups in total. The number of fused-ring (bicyclic) bond motifs is 1. The predicted molar refractivity (Wildman–Crippen MR) is 122 cm³/mol. The number of hydrogen-bond donors (Lipinski definition) is 1.